The first kappa shape index (κ1) is 13.9. The highest BCUT2D eigenvalue weighted by atomic mass is 15.4. The minimum absolute atomic E-state index is 0.322. The second-order valence-corrected chi connectivity index (χ2v) is 5.46. The monoisotopic (exact) mass is 238 g/mol. The maximum absolute atomic E-state index is 6.16. The highest BCUT2D eigenvalue weighted by Gasteiger charge is 2.22. The van der Waals surface area contributed by atoms with Crippen LogP contribution < -0.4 is 10.6 Å². The number of nitrogens with two attached hydrogens (primary N) is 1. The molecule has 2 N–H and O–H groups in total. The molecule has 4 nitrogen and oxygen atoms in total. The van der Waals surface area contributed by atoms with Crippen molar-refractivity contribution in [1.29, 1.82) is 0 Å². The van der Waals surface area contributed by atoms with E-state index in [0.717, 1.165) is 17.2 Å². The Hall–Kier alpha value is -1.19. The van der Waals surface area contributed by atoms with Crippen LogP contribution in [0.25, 0.3) is 0 Å². The Kier molecular flexibility index (Phi) is 4.07. The van der Waals surface area contributed by atoms with Crippen LogP contribution >= 0.6 is 0 Å². The molecular weight excluding hydrogens is 212 g/mol. The maximum Gasteiger partial charge on any atom is 0.150 e. The van der Waals surface area contributed by atoms with E-state index < -0.39 is 0 Å². The van der Waals surface area contributed by atoms with Crippen LogP contribution in [0.1, 0.15) is 46.4 Å². The Balaban J connectivity index is 3.20. The van der Waals surface area contributed by atoms with Crippen LogP contribution in [0.2, 0.25) is 0 Å². The van der Waals surface area contributed by atoms with Crippen LogP contribution in [0.4, 0.5) is 11.5 Å². The van der Waals surface area contributed by atoms with Gasteiger partial charge >= 0.3 is 0 Å². The van der Waals surface area contributed by atoms with Gasteiger partial charge in [0.15, 0.2) is 5.82 Å². The van der Waals surface area contributed by atoms with Crippen molar-refractivity contribution in [3.63, 3.8) is 0 Å². The fraction of sp³-hybridized carbons (Fsp3) is 0.769. The van der Waals surface area contributed by atoms with Gasteiger partial charge in [0, 0.05) is 19.1 Å². The number of aryl methyl sites for hydroxylation is 1. The summed E-state index contributed by atoms with van der Waals surface area (Å²) in [7, 11) is 2.09. The molecule has 1 rings (SSSR count). The van der Waals surface area contributed by atoms with Crippen molar-refractivity contribution >= 4 is 11.5 Å². The summed E-state index contributed by atoms with van der Waals surface area (Å²) in [6.45, 7) is 12.9. The third-order valence-electron chi connectivity index (χ3n) is 3.50. The van der Waals surface area contributed by atoms with E-state index in [4.69, 9.17) is 5.73 Å². The third-order valence-corrected chi connectivity index (χ3v) is 3.50. The lowest BCUT2D eigenvalue weighted by Crippen LogP contribution is -2.35. The lowest BCUT2D eigenvalue weighted by molar-refractivity contribution is 0.473. The number of anilines is 2. The highest BCUT2D eigenvalue weighted by Crippen LogP contribution is 2.30. The van der Waals surface area contributed by atoms with Gasteiger partial charge < -0.3 is 10.6 Å². The predicted octanol–water partition coefficient (Wildman–Crippen LogP) is 2.84. The molecule has 1 heterocycles. The first-order valence-corrected chi connectivity index (χ1v) is 6.34. The van der Waals surface area contributed by atoms with Crippen molar-refractivity contribution in [3.8, 4) is 0 Å². The quantitative estimate of drug-likeness (QED) is 0.877. The van der Waals surface area contributed by atoms with Crippen molar-refractivity contribution in [3.05, 3.63) is 5.69 Å². The molecule has 1 aromatic rings. The largest absolute Gasteiger partial charge is 0.394 e. The van der Waals surface area contributed by atoms with Gasteiger partial charge in [-0.2, -0.15) is 5.10 Å². The van der Waals surface area contributed by atoms with E-state index in [-0.39, 0.29) is 0 Å². The van der Waals surface area contributed by atoms with Gasteiger partial charge in [0.1, 0.15) is 0 Å². The van der Waals surface area contributed by atoms with E-state index >= 15 is 0 Å². The van der Waals surface area contributed by atoms with Crippen LogP contribution in [0.3, 0.4) is 0 Å². The molecule has 1 atom stereocenters. The molecule has 0 aliphatic rings. The Labute approximate surface area is 105 Å². The Bertz CT molecular complexity index is 379. The van der Waals surface area contributed by atoms with Crippen LogP contribution in [0, 0.1) is 12.8 Å². The van der Waals surface area contributed by atoms with E-state index in [9.17, 15) is 0 Å². The number of nitrogens with zero attached hydrogens (tertiary/aromatic N) is 3. The molecule has 1 aromatic heterocycles. The standard InChI is InChI=1S/C13H26N4/c1-8(2)11(6)16(7)13-12(14)10(5)15-17(13)9(3)4/h8-9,11H,14H2,1-7H3. The van der Waals surface area contributed by atoms with Gasteiger partial charge in [0.05, 0.1) is 11.4 Å². The van der Waals surface area contributed by atoms with Crippen LogP contribution in [0.5, 0.6) is 0 Å². The van der Waals surface area contributed by atoms with Crippen LogP contribution in [-0.2, 0) is 0 Å². The average molecular weight is 238 g/mol. The molecule has 0 amide bonds. The second-order valence-electron chi connectivity index (χ2n) is 5.46. The fourth-order valence-electron chi connectivity index (χ4n) is 1.90. The van der Waals surface area contributed by atoms with Gasteiger partial charge in [-0.15, -0.1) is 0 Å². The number of hydrogen-bond donors (Lipinski definition) is 1. The second kappa shape index (κ2) is 4.98. The van der Waals surface area contributed by atoms with E-state index in [1.54, 1.807) is 0 Å². The van der Waals surface area contributed by atoms with E-state index in [0.29, 0.717) is 18.0 Å². The van der Waals surface area contributed by atoms with Crippen molar-refractivity contribution < 1.29 is 0 Å². The molecule has 0 bridgehead atoms. The number of nitrogen functional groups attached to an aromatic ring is 1. The zero-order valence-corrected chi connectivity index (χ0v) is 12.2. The Morgan fingerprint density at radius 2 is 1.71 bits per heavy atom. The molecule has 0 fully saturated rings. The summed E-state index contributed by atoms with van der Waals surface area (Å²) in [5, 5.41) is 4.52. The normalized spacial score (nSPS) is 13.5. The fourth-order valence-corrected chi connectivity index (χ4v) is 1.90. The minimum atomic E-state index is 0.322. The van der Waals surface area contributed by atoms with Gasteiger partial charge in [-0.3, -0.25) is 0 Å². The molecule has 0 aromatic carbocycles. The molecule has 98 valence electrons. The molecule has 0 aliphatic carbocycles. The summed E-state index contributed by atoms with van der Waals surface area (Å²) in [6.07, 6.45) is 0. The number of hydrogen-bond acceptors (Lipinski definition) is 3. The Morgan fingerprint density at radius 1 is 1.18 bits per heavy atom. The van der Waals surface area contributed by atoms with Crippen LogP contribution in [0.15, 0.2) is 0 Å². The topological polar surface area (TPSA) is 47.1 Å². The van der Waals surface area contributed by atoms with E-state index in [1.165, 1.54) is 0 Å². The van der Waals surface area contributed by atoms with Crippen molar-refractivity contribution in [2.75, 3.05) is 17.7 Å². The lowest BCUT2D eigenvalue weighted by Gasteiger charge is -2.31. The van der Waals surface area contributed by atoms with Crippen molar-refractivity contribution in [2.24, 2.45) is 5.92 Å². The van der Waals surface area contributed by atoms with Crippen molar-refractivity contribution in [1.82, 2.24) is 9.78 Å². The molecule has 0 radical (unpaired) electrons. The number of aromatic nitrogens is 2. The Morgan fingerprint density at radius 3 is 2.12 bits per heavy atom. The van der Waals surface area contributed by atoms with E-state index in [1.807, 2.05) is 11.6 Å². The predicted molar refractivity (Wildman–Crippen MR) is 74.5 cm³/mol. The SMILES string of the molecule is Cc1nn(C(C)C)c(N(C)C(C)C(C)C)c1N. The summed E-state index contributed by atoms with van der Waals surface area (Å²) in [6, 6.07) is 0.758. The van der Waals surface area contributed by atoms with Crippen molar-refractivity contribution in [2.45, 2.75) is 53.6 Å². The number of rotatable bonds is 4. The van der Waals surface area contributed by atoms with E-state index in [2.05, 4.69) is 51.7 Å². The summed E-state index contributed by atoms with van der Waals surface area (Å²) < 4.78 is 2.02. The summed E-state index contributed by atoms with van der Waals surface area (Å²) >= 11 is 0. The van der Waals surface area contributed by atoms with Crippen LogP contribution in [-0.4, -0.2) is 22.9 Å². The summed E-state index contributed by atoms with van der Waals surface area (Å²) in [4.78, 5) is 2.24. The van der Waals surface area contributed by atoms with Gasteiger partial charge in [-0.1, -0.05) is 13.8 Å². The van der Waals surface area contributed by atoms with Gasteiger partial charge in [0.25, 0.3) is 0 Å². The molecule has 0 saturated carbocycles. The third kappa shape index (κ3) is 2.56. The maximum atomic E-state index is 6.16. The molecule has 1 unspecified atom stereocenters. The molecular formula is C13H26N4. The van der Waals surface area contributed by atoms with Gasteiger partial charge in [-0.25, -0.2) is 4.68 Å². The van der Waals surface area contributed by atoms with Gasteiger partial charge in [0.2, 0.25) is 0 Å². The first-order valence-electron chi connectivity index (χ1n) is 6.34. The molecule has 17 heavy (non-hydrogen) atoms. The zero-order valence-electron chi connectivity index (χ0n) is 12.2. The molecule has 0 spiro atoms. The molecule has 0 saturated heterocycles. The molecule has 4 heteroatoms. The summed E-state index contributed by atoms with van der Waals surface area (Å²) in [5.41, 5.74) is 7.87. The summed E-state index contributed by atoms with van der Waals surface area (Å²) in [5.74, 6) is 1.62. The molecule has 0 aliphatic heterocycles. The lowest BCUT2D eigenvalue weighted by atomic mass is 10.1. The van der Waals surface area contributed by atoms with Gasteiger partial charge in [-0.05, 0) is 33.6 Å². The first-order chi connectivity index (χ1) is 7.77. The average Bonchev–Trinajstić information content (AvgIpc) is 2.53. The highest BCUT2D eigenvalue weighted by molar-refractivity contribution is 5.66. The minimum Gasteiger partial charge on any atom is -0.394 e. The smallest absolute Gasteiger partial charge is 0.150 e. The zero-order chi connectivity index (χ0) is 13.3.